The van der Waals surface area contributed by atoms with E-state index >= 15 is 0 Å². The molecule has 35 heavy (non-hydrogen) atoms. The zero-order valence-electron chi connectivity index (χ0n) is 19.1. The van der Waals surface area contributed by atoms with E-state index in [-0.39, 0.29) is 18.4 Å². The number of benzene rings is 1. The summed E-state index contributed by atoms with van der Waals surface area (Å²) >= 11 is 0. The zero-order valence-corrected chi connectivity index (χ0v) is 19.1. The predicted octanol–water partition coefficient (Wildman–Crippen LogP) is 3.33. The number of pyridine rings is 1. The van der Waals surface area contributed by atoms with E-state index in [2.05, 4.69) is 25.6 Å². The van der Waals surface area contributed by atoms with Gasteiger partial charge in [-0.25, -0.2) is 0 Å². The molecular weight excluding hydrogens is 448 g/mol. The molecule has 0 aliphatic carbocycles. The molecule has 0 saturated heterocycles. The quantitative estimate of drug-likeness (QED) is 0.275. The fourth-order valence-electron chi connectivity index (χ4n) is 3.39. The van der Waals surface area contributed by atoms with Crippen molar-refractivity contribution in [3.63, 3.8) is 0 Å². The Morgan fingerprint density at radius 1 is 1.14 bits per heavy atom. The number of aromatic nitrogens is 5. The Hall–Kier alpha value is -4.60. The van der Waals surface area contributed by atoms with E-state index in [1.807, 2.05) is 30.3 Å². The van der Waals surface area contributed by atoms with Crippen molar-refractivity contribution in [3.8, 4) is 11.1 Å². The van der Waals surface area contributed by atoms with Crippen molar-refractivity contribution < 1.29 is 18.7 Å². The van der Waals surface area contributed by atoms with Gasteiger partial charge in [-0.3, -0.25) is 19.3 Å². The highest BCUT2D eigenvalue weighted by Crippen LogP contribution is 2.23. The highest BCUT2D eigenvalue weighted by atomic mass is 16.5. The third kappa shape index (κ3) is 6.70. The Kier molecular flexibility index (Phi) is 7.74. The van der Waals surface area contributed by atoms with E-state index in [1.165, 1.54) is 17.2 Å². The maximum Gasteiger partial charge on any atom is 0.327 e. The summed E-state index contributed by atoms with van der Waals surface area (Å²) in [5, 5.41) is 14.6. The minimum Gasteiger partial charge on any atom is -0.465 e. The van der Waals surface area contributed by atoms with Gasteiger partial charge in [-0.15, -0.1) is 10.2 Å². The second kappa shape index (κ2) is 11.5. The van der Waals surface area contributed by atoms with Crippen LogP contribution in [-0.2, 0) is 33.7 Å². The number of aryl methyl sites for hydroxylation is 2. The number of anilines is 1. The van der Waals surface area contributed by atoms with E-state index in [9.17, 15) is 9.59 Å². The molecule has 0 fully saturated rings. The number of carbonyl (C=O) groups is 2. The first-order valence-electron chi connectivity index (χ1n) is 11.1. The Morgan fingerprint density at radius 2 is 2.00 bits per heavy atom. The summed E-state index contributed by atoms with van der Waals surface area (Å²) in [6.07, 6.45) is 12.6. The van der Waals surface area contributed by atoms with Crippen LogP contribution in [0.2, 0.25) is 0 Å². The normalized spacial score (nSPS) is 11.0. The first-order chi connectivity index (χ1) is 17.1. The third-order valence-corrected chi connectivity index (χ3v) is 5.06. The van der Waals surface area contributed by atoms with E-state index in [0.29, 0.717) is 24.6 Å². The zero-order chi connectivity index (χ0) is 24.5. The monoisotopic (exact) mass is 472 g/mol. The molecule has 178 valence electrons. The Labute approximate surface area is 201 Å². The van der Waals surface area contributed by atoms with Crippen LogP contribution in [0, 0.1) is 0 Å². The number of amides is 1. The second-order valence-electron chi connectivity index (χ2n) is 7.55. The number of ether oxygens (including phenoxy) is 1. The largest absolute Gasteiger partial charge is 0.465 e. The Morgan fingerprint density at radius 3 is 2.77 bits per heavy atom. The fourth-order valence-corrected chi connectivity index (χ4v) is 3.39. The molecule has 10 nitrogen and oxygen atoms in total. The van der Waals surface area contributed by atoms with Gasteiger partial charge in [0.2, 0.25) is 18.2 Å². The molecule has 4 aromatic rings. The Bertz CT molecular complexity index is 1300. The number of nitrogens with one attached hydrogen (secondary N) is 1. The van der Waals surface area contributed by atoms with Gasteiger partial charge in [0.05, 0.1) is 12.8 Å². The van der Waals surface area contributed by atoms with Crippen LogP contribution in [0.4, 0.5) is 5.69 Å². The number of hydrogen-bond donors (Lipinski definition) is 1. The lowest BCUT2D eigenvalue weighted by molar-refractivity contribution is -0.144. The van der Waals surface area contributed by atoms with Gasteiger partial charge in [0.25, 0.3) is 0 Å². The van der Waals surface area contributed by atoms with Gasteiger partial charge in [-0.05, 0) is 48.7 Å². The fraction of sp³-hybridized carbons (Fsp3) is 0.200. The van der Waals surface area contributed by atoms with Crippen LogP contribution in [0.15, 0.2) is 72.0 Å². The molecule has 3 heterocycles. The number of esters is 1. The standard InChI is InChI=1S/C25H24N6O4/c1-2-34-25(33)16-31-15-20(14-28-31)22-11-12-26-13-19(22)6-9-23(32)29-21-7-3-18(4-8-21)5-10-24-30-27-17-35-24/h3-4,6-9,11-15,17H,2,5,10,16H2,1H3,(H,29,32)/b9-6+. The molecule has 0 saturated carbocycles. The first-order valence-corrected chi connectivity index (χ1v) is 11.1. The molecule has 3 aromatic heterocycles. The highest BCUT2D eigenvalue weighted by molar-refractivity contribution is 6.02. The van der Waals surface area contributed by atoms with E-state index in [1.54, 1.807) is 37.8 Å². The number of hydrogen-bond acceptors (Lipinski definition) is 8. The molecule has 1 amide bonds. The van der Waals surface area contributed by atoms with Crippen molar-refractivity contribution in [1.82, 2.24) is 25.0 Å². The molecule has 1 aromatic carbocycles. The maximum absolute atomic E-state index is 12.5. The van der Waals surface area contributed by atoms with Gasteiger partial charge in [-0.2, -0.15) is 5.10 Å². The lowest BCUT2D eigenvalue weighted by Gasteiger charge is -2.05. The highest BCUT2D eigenvalue weighted by Gasteiger charge is 2.09. The van der Waals surface area contributed by atoms with Crippen LogP contribution in [0.5, 0.6) is 0 Å². The minimum atomic E-state index is -0.353. The van der Waals surface area contributed by atoms with Crippen LogP contribution in [0.3, 0.4) is 0 Å². The van der Waals surface area contributed by atoms with Crippen molar-refractivity contribution >= 4 is 23.6 Å². The molecule has 0 atom stereocenters. The van der Waals surface area contributed by atoms with E-state index < -0.39 is 0 Å². The molecular formula is C25H24N6O4. The van der Waals surface area contributed by atoms with Crippen molar-refractivity contribution in [2.75, 3.05) is 11.9 Å². The topological polar surface area (TPSA) is 125 Å². The van der Waals surface area contributed by atoms with E-state index in [4.69, 9.17) is 9.15 Å². The maximum atomic E-state index is 12.5. The van der Waals surface area contributed by atoms with Crippen LogP contribution >= 0.6 is 0 Å². The SMILES string of the molecule is CCOC(=O)Cn1cc(-c2ccncc2/C=C/C(=O)Nc2ccc(CCc3nnco3)cc2)cn1. The summed E-state index contributed by atoms with van der Waals surface area (Å²) < 4.78 is 11.6. The lowest BCUT2D eigenvalue weighted by Crippen LogP contribution is -2.13. The van der Waals surface area contributed by atoms with Gasteiger partial charge in [0, 0.05) is 47.9 Å². The average molecular weight is 473 g/mol. The smallest absolute Gasteiger partial charge is 0.327 e. The van der Waals surface area contributed by atoms with Crippen molar-refractivity contribution in [1.29, 1.82) is 0 Å². The minimum absolute atomic E-state index is 0.0300. The molecule has 0 radical (unpaired) electrons. The summed E-state index contributed by atoms with van der Waals surface area (Å²) in [6.45, 7) is 2.11. The van der Waals surface area contributed by atoms with E-state index in [0.717, 1.165) is 28.7 Å². The molecule has 10 heteroatoms. The summed E-state index contributed by atoms with van der Waals surface area (Å²) in [6, 6.07) is 9.42. The Balaban J connectivity index is 1.36. The molecule has 0 spiro atoms. The summed E-state index contributed by atoms with van der Waals surface area (Å²) in [4.78, 5) is 28.3. The van der Waals surface area contributed by atoms with Crippen molar-refractivity contribution in [2.45, 2.75) is 26.3 Å². The summed E-state index contributed by atoms with van der Waals surface area (Å²) in [5.41, 5.74) is 4.17. The van der Waals surface area contributed by atoms with Crippen molar-refractivity contribution in [2.24, 2.45) is 0 Å². The molecule has 0 aliphatic heterocycles. The van der Waals surface area contributed by atoms with Crippen molar-refractivity contribution in [3.05, 3.63) is 84.6 Å². The number of nitrogens with zero attached hydrogens (tertiary/aromatic N) is 5. The van der Waals surface area contributed by atoms with Gasteiger partial charge >= 0.3 is 5.97 Å². The molecule has 4 rings (SSSR count). The van der Waals surface area contributed by atoms with Crippen LogP contribution in [0.25, 0.3) is 17.2 Å². The van der Waals surface area contributed by atoms with Gasteiger partial charge < -0.3 is 14.5 Å². The van der Waals surface area contributed by atoms with Gasteiger partial charge in [0.1, 0.15) is 6.54 Å². The van der Waals surface area contributed by atoms with Gasteiger partial charge in [-0.1, -0.05) is 12.1 Å². The van der Waals surface area contributed by atoms with Crippen LogP contribution < -0.4 is 5.32 Å². The average Bonchev–Trinajstić information content (AvgIpc) is 3.55. The third-order valence-electron chi connectivity index (χ3n) is 5.06. The number of carbonyl (C=O) groups excluding carboxylic acids is 2. The number of rotatable bonds is 10. The summed E-state index contributed by atoms with van der Waals surface area (Å²) in [7, 11) is 0. The molecule has 0 bridgehead atoms. The summed E-state index contributed by atoms with van der Waals surface area (Å²) in [5.74, 6) is -0.0291. The lowest BCUT2D eigenvalue weighted by atomic mass is 10.0. The molecule has 0 aliphatic rings. The molecule has 1 N–H and O–H groups in total. The predicted molar refractivity (Wildman–Crippen MR) is 128 cm³/mol. The first kappa shape index (κ1) is 23.6. The van der Waals surface area contributed by atoms with Crippen LogP contribution in [0.1, 0.15) is 23.9 Å². The van der Waals surface area contributed by atoms with Crippen LogP contribution in [-0.4, -0.2) is 43.4 Å². The van der Waals surface area contributed by atoms with Gasteiger partial charge in [0.15, 0.2) is 0 Å². The molecule has 0 unspecified atom stereocenters. The second-order valence-corrected chi connectivity index (χ2v) is 7.55.